The van der Waals surface area contributed by atoms with Crippen molar-refractivity contribution in [2.75, 3.05) is 44.6 Å². The Hall–Kier alpha value is -2.43. The lowest BCUT2D eigenvalue weighted by molar-refractivity contribution is -0.116. The maximum Gasteiger partial charge on any atom is 0.225 e. The van der Waals surface area contributed by atoms with Crippen molar-refractivity contribution in [3.8, 4) is 0 Å². The van der Waals surface area contributed by atoms with Gasteiger partial charge < -0.3 is 10.2 Å². The number of aryl methyl sites for hydroxylation is 1. The Bertz CT molecular complexity index is 749. The quantitative estimate of drug-likeness (QED) is 0.815. The van der Waals surface area contributed by atoms with Crippen molar-refractivity contribution in [1.29, 1.82) is 0 Å². The zero-order chi connectivity index (χ0) is 18.9. The average Bonchev–Trinajstić information content (AvgIpc) is 2.70. The van der Waals surface area contributed by atoms with Crippen LogP contribution in [0.3, 0.4) is 0 Å². The third-order valence-corrected chi connectivity index (χ3v) is 5.01. The van der Waals surface area contributed by atoms with Crippen molar-refractivity contribution < 1.29 is 4.79 Å². The maximum absolute atomic E-state index is 12.2. The highest BCUT2D eigenvalue weighted by Gasteiger charge is 2.16. The van der Waals surface area contributed by atoms with Gasteiger partial charge in [-0.05, 0) is 24.1 Å². The molecule has 142 valence electrons. The van der Waals surface area contributed by atoms with Gasteiger partial charge in [-0.2, -0.15) is 0 Å². The maximum atomic E-state index is 12.2. The van der Waals surface area contributed by atoms with E-state index in [1.807, 2.05) is 37.3 Å². The van der Waals surface area contributed by atoms with E-state index in [-0.39, 0.29) is 5.91 Å². The number of hydrogen-bond acceptors (Lipinski definition) is 3. The largest absolute Gasteiger partial charge is 0.326 e. The second kappa shape index (κ2) is 10.0. The summed E-state index contributed by atoms with van der Waals surface area (Å²) in [6, 6.07) is 18.3. The van der Waals surface area contributed by atoms with Gasteiger partial charge >= 0.3 is 0 Å². The molecule has 1 amide bonds. The number of hydrogen-bond donors (Lipinski definition) is 1. The first-order valence-electron chi connectivity index (χ1n) is 9.72. The number of amides is 1. The third-order valence-electron chi connectivity index (χ3n) is 5.01. The predicted molar refractivity (Wildman–Crippen MR) is 113 cm³/mol. The molecule has 27 heavy (non-hydrogen) atoms. The second-order valence-electron chi connectivity index (χ2n) is 7.07. The molecule has 4 heteroatoms. The number of nitrogens with zero attached hydrogens (tertiary/aromatic N) is 2. The molecule has 0 unspecified atom stereocenters. The number of carbonyl (C=O) groups excluding carboxylic acids is 1. The SMILES string of the molecule is Cc1ccccc1NC(=O)CCN1CCN(C/C=C\c2ccccc2)CC1. The highest BCUT2D eigenvalue weighted by molar-refractivity contribution is 5.91. The predicted octanol–water partition coefficient (Wildman–Crippen LogP) is 3.65. The molecule has 1 saturated heterocycles. The van der Waals surface area contributed by atoms with Gasteiger partial charge in [0.2, 0.25) is 5.91 Å². The van der Waals surface area contributed by atoms with E-state index in [9.17, 15) is 4.79 Å². The minimum absolute atomic E-state index is 0.0949. The third kappa shape index (κ3) is 6.35. The summed E-state index contributed by atoms with van der Waals surface area (Å²) in [6.45, 7) is 7.98. The number of nitrogens with one attached hydrogen (secondary N) is 1. The van der Waals surface area contributed by atoms with E-state index in [0.717, 1.165) is 50.5 Å². The summed E-state index contributed by atoms with van der Waals surface area (Å²) < 4.78 is 0. The molecular formula is C23H29N3O. The fraction of sp³-hybridized carbons (Fsp3) is 0.348. The van der Waals surface area contributed by atoms with Gasteiger partial charge in [-0.25, -0.2) is 0 Å². The van der Waals surface area contributed by atoms with Crippen LogP contribution in [0.2, 0.25) is 0 Å². The summed E-state index contributed by atoms with van der Waals surface area (Å²) in [6.07, 6.45) is 4.96. The summed E-state index contributed by atoms with van der Waals surface area (Å²) in [4.78, 5) is 17.0. The first-order chi connectivity index (χ1) is 13.2. The van der Waals surface area contributed by atoms with E-state index in [2.05, 4.69) is 51.5 Å². The van der Waals surface area contributed by atoms with Crippen LogP contribution in [0, 0.1) is 6.92 Å². The molecule has 1 N–H and O–H groups in total. The molecule has 1 aliphatic heterocycles. The monoisotopic (exact) mass is 363 g/mol. The first-order valence-corrected chi connectivity index (χ1v) is 9.72. The molecule has 3 rings (SSSR count). The van der Waals surface area contributed by atoms with E-state index in [1.165, 1.54) is 5.56 Å². The van der Waals surface area contributed by atoms with E-state index in [1.54, 1.807) is 0 Å². The molecule has 1 aliphatic rings. The molecule has 0 atom stereocenters. The van der Waals surface area contributed by atoms with Crippen molar-refractivity contribution in [3.05, 3.63) is 71.8 Å². The van der Waals surface area contributed by atoms with Crippen LogP contribution in [-0.4, -0.2) is 55.0 Å². The number of carbonyl (C=O) groups is 1. The first kappa shape index (κ1) is 19.3. The number of benzene rings is 2. The van der Waals surface area contributed by atoms with Crippen molar-refractivity contribution in [1.82, 2.24) is 9.80 Å². The van der Waals surface area contributed by atoms with Crippen molar-refractivity contribution in [2.45, 2.75) is 13.3 Å². The molecule has 0 aromatic heterocycles. The topological polar surface area (TPSA) is 35.6 Å². The molecule has 2 aromatic rings. The zero-order valence-electron chi connectivity index (χ0n) is 16.1. The Kier molecular flexibility index (Phi) is 7.19. The van der Waals surface area contributed by atoms with Gasteiger partial charge in [0, 0.05) is 51.4 Å². The lowest BCUT2D eigenvalue weighted by Crippen LogP contribution is -2.46. The number of piperazine rings is 1. The van der Waals surface area contributed by atoms with Gasteiger partial charge in [-0.15, -0.1) is 0 Å². The van der Waals surface area contributed by atoms with Gasteiger partial charge in [0.25, 0.3) is 0 Å². The lowest BCUT2D eigenvalue weighted by Gasteiger charge is -2.34. The Balaban J connectivity index is 1.34. The van der Waals surface area contributed by atoms with Crippen LogP contribution in [0.4, 0.5) is 5.69 Å². The highest BCUT2D eigenvalue weighted by atomic mass is 16.1. The second-order valence-corrected chi connectivity index (χ2v) is 7.07. The normalized spacial score (nSPS) is 15.9. The van der Waals surface area contributed by atoms with Crippen LogP contribution in [0.25, 0.3) is 6.08 Å². The Labute approximate surface area is 162 Å². The molecular weight excluding hydrogens is 334 g/mol. The summed E-state index contributed by atoms with van der Waals surface area (Å²) >= 11 is 0. The molecule has 0 bridgehead atoms. The summed E-state index contributed by atoms with van der Waals surface area (Å²) in [5.41, 5.74) is 3.26. The van der Waals surface area contributed by atoms with Crippen LogP contribution < -0.4 is 5.32 Å². The van der Waals surface area contributed by atoms with E-state index in [4.69, 9.17) is 0 Å². The van der Waals surface area contributed by atoms with Gasteiger partial charge in [0.1, 0.15) is 0 Å². The standard InChI is InChI=1S/C23H29N3O/c1-20-8-5-6-12-22(20)24-23(27)13-15-26-18-16-25(17-19-26)14-7-11-21-9-3-2-4-10-21/h2-12H,13-19H2,1H3,(H,24,27)/b11-7-. The smallest absolute Gasteiger partial charge is 0.225 e. The zero-order valence-corrected chi connectivity index (χ0v) is 16.1. The summed E-state index contributed by atoms with van der Waals surface area (Å²) in [5, 5.41) is 3.02. The van der Waals surface area contributed by atoms with Crippen LogP contribution in [0.15, 0.2) is 60.7 Å². The average molecular weight is 364 g/mol. The van der Waals surface area contributed by atoms with E-state index in [0.29, 0.717) is 6.42 Å². The minimum atomic E-state index is 0.0949. The molecule has 0 aliphatic carbocycles. The Morgan fingerprint density at radius 2 is 1.63 bits per heavy atom. The molecule has 0 radical (unpaired) electrons. The molecule has 1 heterocycles. The Morgan fingerprint density at radius 1 is 0.963 bits per heavy atom. The van der Waals surface area contributed by atoms with Gasteiger partial charge in [-0.1, -0.05) is 60.7 Å². The van der Waals surface area contributed by atoms with Crippen molar-refractivity contribution in [3.63, 3.8) is 0 Å². The highest BCUT2D eigenvalue weighted by Crippen LogP contribution is 2.13. The van der Waals surface area contributed by atoms with Crippen LogP contribution in [0.5, 0.6) is 0 Å². The molecule has 0 spiro atoms. The fourth-order valence-electron chi connectivity index (χ4n) is 3.28. The van der Waals surface area contributed by atoms with Gasteiger partial charge in [0.15, 0.2) is 0 Å². The molecule has 4 nitrogen and oxygen atoms in total. The number of para-hydroxylation sites is 1. The molecule has 1 fully saturated rings. The van der Waals surface area contributed by atoms with E-state index < -0.39 is 0 Å². The van der Waals surface area contributed by atoms with Crippen molar-refractivity contribution in [2.24, 2.45) is 0 Å². The fourth-order valence-corrected chi connectivity index (χ4v) is 3.28. The van der Waals surface area contributed by atoms with Crippen LogP contribution in [0.1, 0.15) is 17.5 Å². The Morgan fingerprint density at radius 3 is 2.37 bits per heavy atom. The summed E-state index contributed by atoms with van der Waals surface area (Å²) in [5.74, 6) is 0.0949. The minimum Gasteiger partial charge on any atom is -0.326 e. The number of anilines is 1. The van der Waals surface area contributed by atoms with Crippen LogP contribution in [-0.2, 0) is 4.79 Å². The molecule has 0 saturated carbocycles. The van der Waals surface area contributed by atoms with Gasteiger partial charge in [-0.3, -0.25) is 9.69 Å². The summed E-state index contributed by atoms with van der Waals surface area (Å²) in [7, 11) is 0. The number of rotatable bonds is 7. The van der Waals surface area contributed by atoms with E-state index >= 15 is 0 Å². The molecule has 2 aromatic carbocycles. The lowest BCUT2D eigenvalue weighted by atomic mass is 10.2. The van der Waals surface area contributed by atoms with Crippen LogP contribution >= 0.6 is 0 Å². The van der Waals surface area contributed by atoms with Crippen molar-refractivity contribution >= 4 is 17.7 Å². The van der Waals surface area contributed by atoms with Gasteiger partial charge in [0.05, 0.1) is 0 Å².